The van der Waals surface area contributed by atoms with Crippen LogP contribution in [0.2, 0.25) is 0 Å². The third kappa shape index (κ3) is 5.69. The second-order valence-corrected chi connectivity index (χ2v) is 9.42. The van der Waals surface area contributed by atoms with Gasteiger partial charge in [-0.1, -0.05) is 65.0 Å². The molecular weight excluding hydrogens is 688 g/mol. The van der Waals surface area contributed by atoms with Crippen molar-refractivity contribution >= 4 is 21.9 Å². The molecule has 0 spiro atoms. The summed E-state index contributed by atoms with van der Waals surface area (Å²) in [4.78, 5) is 4.40. The zero-order valence-electron chi connectivity index (χ0n) is 22.3. The van der Waals surface area contributed by atoms with Crippen LogP contribution in [0.5, 0.6) is 0 Å². The van der Waals surface area contributed by atoms with E-state index in [4.69, 9.17) is 4.42 Å². The number of aromatic nitrogens is 2. The van der Waals surface area contributed by atoms with Crippen molar-refractivity contribution in [2.24, 2.45) is 0 Å². The van der Waals surface area contributed by atoms with Crippen molar-refractivity contribution in [3.63, 3.8) is 0 Å². The first-order valence-corrected chi connectivity index (χ1v) is 12.9. The molecule has 0 unspecified atom stereocenters. The molecular formula is C36H25FIrN2O+. The first-order chi connectivity index (χ1) is 19.6. The second kappa shape index (κ2) is 12.3. The van der Waals surface area contributed by atoms with E-state index in [2.05, 4.69) is 43.2 Å². The van der Waals surface area contributed by atoms with E-state index in [1.165, 1.54) is 11.6 Å². The molecule has 3 nitrogen and oxygen atoms in total. The summed E-state index contributed by atoms with van der Waals surface area (Å²) in [5.74, 6) is -0.300. The number of aryl methyl sites for hydroxylation is 1. The van der Waals surface area contributed by atoms with Gasteiger partial charge in [-0.15, -0.1) is 48.5 Å². The first kappa shape index (κ1) is 28.0. The van der Waals surface area contributed by atoms with Gasteiger partial charge < -0.3 is 14.0 Å². The molecule has 0 radical (unpaired) electrons. The summed E-state index contributed by atoms with van der Waals surface area (Å²) in [6.45, 7) is 2.06. The van der Waals surface area contributed by atoms with E-state index in [1.807, 2.05) is 95.7 Å². The summed E-state index contributed by atoms with van der Waals surface area (Å²) >= 11 is 0. The van der Waals surface area contributed by atoms with E-state index < -0.39 is 0 Å². The maximum absolute atomic E-state index is 14.7. The standard InChI is InChI=1S/C23H13FNO.C13H12N.Ir/c24-19-13-12-17-16-9-6-10-18(20-11-4-5-14-25-20)22(16)26-23(17)21(19)15-7-2-1-3-8-15;1-11-8-9-13(14(2)10-11)12-6-4-3-5-7-12;/h1-9,11-14H;3-6,8-10H,2H2,1H3;/q2*-1;+3. The van der Waals surface area contributed by atoms with Crippen LogP contribution in [0.4, 0.5) is 4.39 Å². The number of fused-ring (bicyclic) bond motifs is 3. The molecule has 41 heavy (non-hydrogen) atoms. The van der Waals surface area contributed by atoms with Crippen LogP contribution in [0.25, 0.3) is 55.6 Å². The number of rotatable bonds is 3. The predicted octanol–water partition coefficient (Wildman–Crippen LogP) is 8.64. The van der Waals surface area contributed by atoms with Crippen molar-refractivity contribution in [3.05, 3.63) is 152 Å². The van der Waals surface area contributed by atoms with E-state index in [-0.39, 0.29) is 25.9 Å². The summed E-state index contributed by atoms with van der Waals surface area (Å²) < 4.78 is 22.7. The Morgan fingerprint density at radius 1 is 0.780 bits per heavy atom. The quantitative estimate of drug-likeness (QED) is 0.136. The van der Waals surface area contributed by atoms with Crippen LogP contribution in [0.1, 0.15) is 5.56 Å². The zero-order valence-corrected chi connectivity index (χ0v) is 24.7. The Labute approximate surface area is 252 Å². The maximum atomic E-state index is 14.7. The summed E-state index contributed by atoms with van der Waals surface area (Å²) in [5, 5.41) is 1.81. The molecule has 3 heterocycles. The first-order valence-electron chi connectivity index (χ1n) is 12.9. The molecule has 0 atom stereocenters. The average molecular weight is 713 g/mol. The fraction of sp³-hybridized carbons (Fsp3) is 0.0278. The molecule has 7 aromatic rings. The topological polar surface area (TPSA) is 29.9 Å². The van der Waals surface area contributed by atoms with Gasteiger partial charge in [0.1, 0.15) is 17.1 Å². The van der Waals surface area contributed by atoms with Crippen LogP contribution in [0.15, 0.2) is 126 Å². The molecule has 0 aliphatic heterocycles. The number of pyridine rings is 2. The minimum Gasteiger partial charge on any atom is -0.500 e. The van der Waals surface area contributed by atoms with Crippen molar-refractivity contribution < 1.29 is 33.5 Å². The summed E-state index contributed by atoms with van der Waals surface area (Å²) in [6, 6.07) is 40.7. The normalized spacial score (nSPS) is 10.6. The number of halogens is 1. The Morgan fingerprint density at radius 2 is 1.56 bits per heavy atom. The number of nitrogens with zero attached hydrogens (tertiary/aromatic N) is 2. The van der Waals surface area contributed by atoms with Gasteiger partial charge in [0.25, 0.3) is 0 Å². The third-order valence-electron chi connectivity index (χ3n) is 6.69. The molecule has 0 aliphatic carbocycles. The largest absolute Gasteiger partial charge is 3.00 e. The van der Waals surface area contributed by atoms with Crippen molar-refractivity contribution in [3.8, 4) is 33.6 Å². The van der Waals surface area contributed by atoms with Crippen molar-refractivity contribution in [2.45, 2.75) is 6.92 Å². The molecule has 3 aromatic heterocycles. The van der Waals surface area contributed by atoms with Crippen LogP contribution in [0, 0.1) is 31.9 Å². The minimum absolute atomic E-state index is 0. The van der Waals surface area contributed by atoms with Gasteiger partial charge in [0.15, 0.2) is 0 Å². The monoisotopic (exact) mass is 713 g/mol. The van der Waals surface area contributed by atoms with Gasteiger partial charge >= 0.3 is 20.1 Å². The molecule has 7 rings (SSSR count). The summed E-state index contributed by atoms with van der Waals surface area (Å²) in [7, 11) is 3.95. The van der Waals surface area contributed by atoms with Crippen molar-refractivity contribution in [1.29, 1.82) is 0 Å². The Morgan fingerprint density at radius 3 is 2.29 bits per heavy atom. The fourth-order valence-electron chi connectivity index (χ4n) is 4.82. The zero-order chi connectivity index (χ0) is 27.5. The number of benzene rings is 4. The second-order valence-electron chi connectivity index (χ2n) is 9.42. The van der Waals surface area contributed by atoms with Gasteiger partial charge in [-0.3, -0.25) is 0 Å². The summed E-state index contributed by atoms with van der Waals surface area (Å²) in [5.41, 5.74) is 7.40. The Kier molecular flexibility index (Phi) is 8.39. The van der Waals surface area contributed by atoms with Gasteiger partial charge in [0.2, 0.25) is 0 Å². The average Bonchev–Trinajstić information content (AvgIpc) is 3.37. The third-order valence-corrected chi connectivity index (χ3v) is 6.69. The van der Waals surface area contributed by atoms with E-state index in [1.54, 1.807) is 12.3 Å². The van der Waals surface area contributed by atoms with Gasteiger partial charge in [-0.25, -0.2) is 4.39 Å². The van der Waals surface area contributed by atoms with E-state index in [0.29, 0.717) is 16.7 Å². The fourth-order valence-corrected chi connectivity index (χ4v) is 4.82. The van der Waals surface area contributed by atoms with Crippen LogP contribution in [-0.4, -0.2) is 4.98 Å². The number of hydrogen-bond acceptors (Lipinski definition) is 2. The summed E-state index contributed by atoms with van der Waals surface area (Å²) in [6.07, 6.45) is 3.75. The van der Waals surface area contributed by atoms with E-state index in [9.17, 15) is 4.39 Å². The molecule has 0 fully saturated rings. The molecule has 5 heteroatoms. The molecule has 0 N–H and O–H groups in total. The molecule has 0 saturated carbocycles. The molecule has 0 bridgehead atoms. The van der Waals surface area contributed by atoms with Gasteiger partial charge in [0.05, 0.1) is 17.3 Å². The SMILES string of the molecule is Fc1ccc2c(oc3c(-c4ccccn4)[c-]ccc32)c1-c1ccccc1.[CH2-][n+]1cc(C)ccc1-c1[c-]cccc1.[Ir+3]. The van der Waals surface area contributed by atoms with E-state index >= 15 is 0 Å². The molecule has 200 valence electrons. The van der Waals surface area contributed by atoms with Gasteiger partial charge in [-0.2, -0.15) is 0 Å². The van der Waals surface area contributed by atoms with Crippen LogP contribution < -0.4 is 4.57 Å². The maximum Gasteiger partial charge on any atom is 3.00 e. The van der Waals surface area contributed by atoms with Crippen LogP contribution in [0.3, 0.4) is 0 Å². The number of furan rings is 1. The van der Waals surface area contributed by atoms with Gasteiger partial charge in [0, 0.05) is 18.6 Å². The minimum atomic E-state index is -0.300. The predicted molar refractivity (Wildman–Crippen MR) is 158 cm³/mol. The van der Waals surface area contributed by atoms with Crippen molar-refractivity contribution in [1.82, 2.24) is 4.98 Å². The Balaban J connectivity index is 0.000000192. The Hall–Kier alpha value is -4.57. The van der Waals surface area contributed by atoms with Crippen molar-refractivity contribution in [2.75, 3.05) is 0 Å². The molecule has 0 aliphatic rings. The number of hydrogen-bond donors (Lipinski definition) is 0. The smallest absolute Gasteiger partial charge is 0.500 e. The molecule has 0 amide bonds. The van der Waals surface area contributed by atoms with Crippen LogP contribution >= 0.6 is 0 Å². The van der Waals surface area contributed by atoms with Gasteiger partial charge in [-0.05, 0) is 48.0 Å². The Bertz CT molecular complexity index is 1920. The molecule has 4 aromatic carbocycles. The van der Waals surface area contributed by atoms with Crippen LogP contribution in [-0.2, 0) is 20.1 Å². The molecule has 0 saturated heterocycles. The van der Waals surface area contributed by atoms with E-state index in [0.717, 1.165) is 38.9 Å².